The van der Waals surface area contributed by atoms with Crippen molar-refractivity contribution < 1.29 is 23.1 Å². The van der Waals surface area contributed by atoms with Crippen molar-refractivity contribution in [2.24, 2.45) is 0 Å². The Hall–Kier alpha value is -2.27. The molecule has 0 bridgehead atoms. The zero-order valence-corrected chi connectivity index (χ0v) is 11.6. The Kier molecular flexibility index (Phi) is 5.34. The molecule has 0 aliphatic carbocycles. The Morgan fingerprint density at radius 2 is 2.25 bits per heavy atom. The summed E-state index contributed by atoms with van der Waals surface area (Å²) in [6.07, 6.45) is 0.168. The molecule has 0 aliphatic heterocycles. The van der Waals surface area contributed by atoms with Gasteiger partial charge in [0.2, 0.25) is 10.0 Å². The highest BCUT2D eigenvalue weighted by molar-refractivity contribution is 7.93. The average molecular weight is 298 g/mol. The molecule has 1 aromatic carbocycles. The number of hydrogen-bond acceptors (Lipinski definition) is 5. The molecule has 8 heteroatoms. The van der Waals surface area contributed by atoms with Crippen LogP contribution in [0.1, 0.15) is 13.3 Å². The van der Waals surface area contributed by atoms with Gasteiger partial charge in [-0.05, 0) is 18.6 Å². The maximum atomic E-state index is 11.9. The van der Waals surface area contributed by atoms with Crippen LogP contribution in [0.4, 0.5) is 5.69 Å². The second kappa shape index (κ2) is 6.77. The van der Waals surface area contributed by atoms with Gasteiger partial charge < -0.3 is 9.84 Å². The van der Waals surface area contributed by atoms with Crippen LogP contribution >= 0.6 is 0 Å². The zero-order valence-electron chi connectivity index (χ0n) is 10.7. The van der Waals surface area contributed by atoms with E-state index >= 15 is 0 Å². The number of ether oxygens (including phenoxy) is 1. The van der Waals surface area contributed by atoms with E-state index in [1.807, 2.05) is 0 Å². The van der Waals surface area contributed by atoms with Gasteiger partial charge in [0.25, 0.3) is 0 Å². The Labute approximate surface area is 116 Å². The lowest BCUT2D eigenvalue weighted by molar-refractivity contribution is -0.139. The highest BCUT2D eigenvalue weighted by atomic mass is 32.2. The van der Waals surface area contributed by atoms with Crippen LogP contribution in [0.15, 0.2) is 24.3 Å². The second-order valence-corrected chi connectivity index (χ2v) is 5.75. The third kappa shape index (κ3) is 4.44. The normalized spacial score (nSPS) is 12.2. The van der Waals surface area contributed by atoms with E-state index in [1.165, 1.54) is 24.3 Å². The number of aliphatic carboxylic acids is 1. The first-order valence-corrected chi connectivity index (χ1v) is 7.29. The third-order valence-electron chi connectivity index (χ3n) is 2.35. The lowest BCUT2D eigenvalue weighted by Crippen LogP contribution is -2.25. The van der Waals surface area contributed by atoms with E-state index in [0.717, 1.165) is 0 Å². The van der Waals surface area contributed by atoms with Crippen molar-refractivity contribution in [3.05, 3.63) is 24.3 Å². The van der Waals surface area contributed by atoms with Crippen LogP contribution in [0.25, 0.3) is 0 Å². The quantitative estimate of drug-likeness (QED) is 0.781. The summed E-state index contributed by atoms with van der Waals surface area (Å²) in [7, 11) is -3.81. The van der Waals surface area contributed by atoms with Crippen LogP contribution in [0.3, 0.4) is 0 Å². The molecule has 2 N–H and O–H groups in total. The number of nitrogens with one attached hydrogen (secondary N) is 1. The fraction of sp³-hybridized carbons (Fsp3) is 0.333. The van der Waals surface area contributed by atoms with Gasteiger partial charge in [0.05, 0.1) is 11.8 Å². The second-order valence-electron chi connectivity index (χ2n) is 3.88. The number of benzene rings is 1. The number of sulfonamides is 1. The molecule has 1 rings (SSSR count). The summed E-state index contributed by atoms with van der Waals surface area (Å²) in [5.74, 6) is -0.913. The molecule has 0 aromatic heterocycles. The first-order chi connectivity index (χ1) is 9.39. The van der Waals surface area contributed by atoms with E-state index in [2.05, 4.69) is 4.72 Å². The van der Waals surface area contributed by atoms with Crippen molar-refractivity contribution in [3.8, 4) is 11.8 Å². The van der Waals surface area contributed by atoms with Gasteiger partial charge in [-0.15, -0.1) is 0 Å². The van der Waals surface area contributed by atoms with Crippen LogP contribution < -0.4 is 9.46 Å². The predicted molar refractivity (Wildman–Crippen MR) is 71.8 cm³/mol. The molecule has 0 radical (unpaired) electrons. The number of anilines is 1. The number of rotatable bonds is 7. The number of hydrogen-bond donors (Lipinski definition) is 2. The Balaban J connectivity index is 2.86. The largest absolute Gasteiger partial charge is 0.482 e. The molecular weight excluding hydrogens is 284 g/mol. The van der Waals surface area contributed by atoms with Gasteiger partial charge in [-0.1, -0.05) is 13.0 Å². The summed E-state index contributed by atoms with van der Waals surface area (Å²) in [5.41, 5.74) is 0.210. The molecule has 20 heavy (non-hydrogen) atoms. The summed E-state index contributed by atoms with van der Waals surface area (Å²) in [5, 5.41) is 16.1. The molecule has 0 fully saturated rings. The molecule has 7 nitrogen and oxygen atoms in total. The van der Waals surface area contributed by atoms with Gasteiger partial charge in [0.1, 0.15) is 5.75 Å². The predicted octanol–water partition coefficient (Wildman–Crippen LogP) is 1.19. The van der Waals surface area contributed by atoms with Crippen LogP contribution in [0.5, 0.6) is 5.75 Å². The topological polar surface area (TPSA) is 116 Å². The Morgan fingerprint density at radius 3 is 2.80 bits per heavy atom. The molecule has 0 spiro atoms. The molecule has 0 saturated carbocycles. The van der Waals surface area contributed by atoms with E-state index in [-0.39, 0.29) is 17.9 Å². The van der Waals surface area contributed by atoms with E-state index in [9.17, 15) is 13.2 Å². The van der Waals surface area contributed by atoms with Crippen molar-refractivity contribution in [1.82, 2.24) is 0 Å². The average Bonchev–Trinajstić information content (AvgIpc) is 2.37. The van der Waals surface area contributed by atoms with Gasteiger partial charge >= 0.3 is 5.97 Å². The number of nitriles is 1. The fourth-order valence-electron chi connectivity index (χ4n) is 1.41. The van der Waals surface area contributed by atoms with Crippen molar-refractivity contribution in [1.29, 1.82) is 5.26 Å². The smallest absolute Gasteiger partial charge is 0.341 e. The Morgan fingerprint density at radius 1 is 1.55 bits per heavy atom. The van der Waals surface area contributed by atoms with Crippen molar-refractivity contribution in [3.63, 3.8) is 0 Å². The minimum atomic E-state index is -3.81. The number of carboxylic acid groups (broad SMARTS) is 1. The highest BCUT2D eigenvalue weighted by Crippen LogP contribution is 2.20. The van der Waals surface area contributed by atoms with Crippen molar-refractivity contribution >= 4 is 21.7 Å². The maximum absolute atomic E-state index is 11.9. The van der Waals surface area contributed by atoms with Crippen LogP contribution in [-0.4, -0.2) is 31.4 Å². The number of carboxylic acids is 1. The lowest BCUT2D eigenvalue weighted by atomic mass is 10.3. The molecule has 0 aliphatic rings. The molecule has 0 saturated heterocycles. The first kappa shape index (κ1) is 15.8. The molecule has 1 atom stereocenters. The van der Waals surface area contributed by atoms with E-state index in [0.29, 0.717) is 0 Å². The Bertz CT molecular complexity index is 621. The molecular formula is C12H14N2O5S. The molecule has 108 valence electrons. The number of carbonyl (C=O) groups is 1. The fourth-order valence-corrected chi connectivity index (χ4v) is 2.59. The van der Waals surface area contributed by atoms with Crippen LogP contribution in [-0.2, 0) is 14.8 Å². The van der Waals surface area contributed by atoms with Gasteiger partial charge in [-0.3, -0.25) is 4.72 Å². The zero-order chi connectivity index (χ0) is 15.2. The van der Waals surface area contributed by atoms with Gasteiger partial charge in [0, 0.05) is 6.07 Å². The summed E-state index contributed by atoms with van der Waals surface area (Å²) in [6.45, 7) is 1.07. The van der Waals surface area contributed by atoms with Crippen molar-refractivity contribution in [2.45, 2.75) is 18.6 Å². The minimum absolute atomic E-state index is 0.168. The van der Waals surface area contributed by atoms with Gasteiger partial charge in [-0.2, -0.15) is 5.26 Å². The summed E-state index contributed by atoms with van der Waals surface area (Å²) in [6, 6.07) is 7.56. The van der Waals surface area contributed by atoms with Gasteiger partial charge in [-0.25, -0.2) is 13.2 Å². The van der Waals surface area contributed by atoms with Crippen LogP contribution in [0.2, 0.25) is 0 Å². The first-order valence-electron chi connectivity index (χ1n) is 5.75. The monoisotopic (exact) mass is 298 g/mol. The SMILES string of the molecule is CCC(C#N)S(=O)(=O)Nc1cccc(OCC(=O)O)c1. The standard InChI is InChI=1S/C12H14N2O5S/c1-2-11(7-13)20(17,18)14-9-4-3-5-10(6-9)19-8-12(15)16/h3-6,11,14H,2,8H2,1H3,(H,15,16). The third-order valence-corrected chi connectivity index (χ3v) is 4.05. The molecule has 0 amide bonds. The summed E-state index contributed by atoms with van der Waals surface area (Å²) < 4.78 is 30.9. The highest BCUT2D eigenvalue weighted by Gasteiger charge is 2.23. The van der Waals surface area contributed by atoms with E-state index < -0.39 is 27.8 Å². The summed E-state index contributed by atoms with van der Waals surface area (Å²) >= 11 is 0. The lowest BCUT2D eigenvalue weighted by Gasteiger charge is -2.12. The molecule has 1 unspecified atom stereocenters. The summed E-state index contributed by atoms with van der Waals surface area (Å²) in [4.78, 5) is 10.4. The van der Waals surface area contributed by atoms with E-state index in [4.69, 9.17) is 15.1 Å². The molecule has 1 aromatic rings. The van der Waals surface area contributed by atoms with Gasteiger partial charge in [0.15, 0.2) is 11.9 Å². The van der Waals surface area contributed by atoms with Crippen molar-refractivity contribution in [2.75, 3.05) is 11.3 Å². The molecule has 0 heterocycles. The van der Waals surface area contributed by atoms with E-state index in [1.54, 1.807) is 13.0 Å². The van der Waals surface area contributed by atoms with Crippen LogP contribution in [0, 0.1) is 11.3 Å². The maximum Gasteiger partial charge on any atom is 0.341 e. The number of nitrogens with zero attached hydrogens (tertiary/aromatic N) is 1. The minimum Gasteiger partial charge on any atom is -0.482 e.